The number of amides is 1. The quantitative estimate of drug-likeness (QED) is 0.448. The fourth-order valence-electron chi connectivity index (χ4n) is 2.28. The third-order valence-corrected chi connectivity index (χ3v) is 3.62. The van der Waals surface area contributed by atoms with Gasteiger partial charge in [0.1, 0.15) is 0 Å². The molecule has 0 radical (unpaired) electrons. The fourth-order valence-corrected chi connectivity index (χ4v) is 2.28. The Balaban J connectivity index is 2.16. The molecular weight excluding hydrogens is 222 g/mol. The number of carbonyl (C=O) groups is 1. The summed E-state index contributed by atoms with van der Waals surface area (Å²) in [5.74, 6) is 1.68. The first kappa shape index (κ1) is 15.3. The molecule has 1 unspecified atom stereocenters. The molecule has 1 rings (SSSR count). The molecular formula is C16H29NO. The molecule has 0 heterocycles. The number of carbonyl (C=O) groups excluding carboxylic acids is 1. The molecule has 0 aliphatic heterocycles. The number of hydrogen-bond acceptors (Lipinski definition) is 1. The molecule has 1 atom stereocenters. The Bertz CT molecular complexity index is 268. The third-order valence-electron chi connectivity index (χ3n) is 3.62. The van der Waals surface area contributed by atoms with E-state index in [1.165, 1.54) is 32.1 Å². The van der Waals surface area contributed by atoms with Crippen molar-refractivity contribution in [2.75, 3.05) is 13.1 Å². The van der Waals surface area contributed by atoms with E-state index in [4.69, 9.17) is 0 Å². The minimum atomic E-state index is 0.250. The van der Waals surface area contributed by atoms with E-state index in [1.807, 2.05) is 0 Å². The Kier molecular flexibility index (Phi) is 7.07. The summed E-state index contributed by atoms with van der Waals surface area (Å²) >= 11 is 0. The van der Waals surface area contributed by atoms with Gasteiger partial charge in [-0.15, -0.1) is 0 Å². The lowest BCUT2D eigenvalue weighted by molar-refractivity contribution is -0.129. The lowest BCUT2D eigenvalue weighted by Gasteiger charge is -2.24. The van der Waals surface area contributed by atoms with Gasteiger partial charge in [-0.2, -0.15) is 0 Å². The Hall–Kier alpha value is -0.790. The molecule has 0 spiro atoms. The van der Waals surface area contributed by atoms with Crippen LogP contribution in [-0.4, -0.2) is 23.9 Å². The van der Waals surface area contributed by atoms with Crippen LogP contribution in [0, 0.1) is 11.8 Å². The van der Waals surface area contributed by atoms with Crippen LogP contribution in [0.4, 0.5) is 0 Å². The summed E-state index contributed by atoms with van der Waals surface area (Å²) in [5, 5.41) is 0. The van der Waals surface area contributed by atoms with Crippen molar-refractivity contribution < 1.29 is 4.79 Å². The molecule has 0 N–H and O–H groups in total. The third kappa shape index (κ3) is 6.83. The van der Waals surface area contributed by atoms with Crippen LogP contribution in [-0.2, 0) is 4.79 Å². The van der Waals surface area contributed by atoms with Gasteiger partial charge in [0.25, 0.3) is 0 Å². The van der Waals surface area contributed by atoms with Crippen LogP contribution in [0.25, 0.3) is 0 Å². The molecule has 0 saturated heterocycles. The Morgan fingerprint density at radius 2 is 2.11 bits per heavy atom. The predicted octanol–water partition coefficient (Wildman–Crippen LogP) is 4.02. The molecule has 1 amide bonds. The topological polar surface area (TPSA) is 20.3 Å². The monoisotopic (exact) mass is 251 g/mol. The van der Waals surface area contributed by atoms with Crippen molar-refractivity contribution in [3.8, 4) is 0 Å². The first-order valence-electron chi connectivity index (χ1n) is 7.54. The summed E-state index contributed by atoms with van der Waals surface area (Å²) in [6.45, 7) is 8.09. The maximum Gasteiger partial charge on any atom is 0.219 e. The summed E-state index contributed by atoms with van der Waals surface area (Å²) in [6.07, 6.45) is 11.9. The van der Waals surface area contributed by atoms with Crippen molar-refractivity contribution in [2.24, 2.45) is 11.8 Å². The van der Waals surface area contributed by atoms with Crippen molar-refractivity contribution in [1.29, 1.82) is 0 Å². The number of rotatable bonds is 9. The molecule has 1 aliphatic carbocycles. The standard InChI is InChI=1S/C16H29NO/c1-4-5-6-7-8-9-14(2)12-17(15(3)18)13-16-10-11-16/h5-6,14,16H,4,7-13H2,1-3H3/b6-5-. The van der Waals surface area contributed by atoms with Gasteiger partial charge < -0.3 is 4.90 Å². The Morgan fingerprint density at radius 1 is 1.39 bits per heavy atom. The van der Waals surface area contributed by atoms with Gasteiger partial charge in [0.05, 0.1) is 0 Å². The van der Waals surface area contributed by atoms with Gasteiger partial charge in [0, 0.05) is 20.0 Å². The molecule has 0 bridgehead atoms. The van der Waals surface area contributed by atoms with Gasteiger partial charge in [-0.25, -0.2) is 0 Å². The van der Waals surface area contributed by atoms with Crippen molar-refractivity contribution in [3.05, 3.63) is 12.2 Å². The molecule has 1 aliphatic rings. The second kappa shape index (κ2) is 8.34. The lowest BCUT2D eigenvalue weighted by Crippen LogP contribution is -2.34. The zero-order valence-corrected chi connectivity index (χ0v) is 12.3. The van der Waals surface area contributed by atoms with E-state index in [9.17, 15) is 4.79 Å². The zero-order valence-electron chi connectivity index (χ0n) is 12.3. The molecule has 0 aromatic carbocycles. The predicted molar refractivity (Wildman–Crippen MR) is 77.4 cm³/mol. The molecule has 1 saturated carbocycles. The van der Waals surface area contributed by atoms with E-state index >= 15 is 0 Å². The van der Waals surface area contributed by atoms with E-state index in [0.717, 1.165) is 25.4 Å². The highest BCUT2D eigenvalue weighted by molar-refractivity contribution is 5.73. The second-order valence-electron chi connectivity index (χ2n) is 5.78. The van der Waals surface area contributed by atoms with E-state index < -0.39 is 0 Å². The summed E-state index contributed by atoms with van der Waals surface area (Å²) in [7, 11) is 0. The van der Waals surface area contributed by atoms with Gasteiger partial charge in [-0.1, -0.05) is 26.0 Å². The van der Waals surface area contributed by atoms with Crippen molar-refractivity contribution in [2.45, 2.75) is 59.3 Å². The van der Waals surface area contributed by atoms with Crippen LogP contribution in [0.2, 0.25) is 0 Å². The van der Waals surface area contributed by atoms with Crippen molar-refractivity contribution >= 4 is 5.91 Å². The van der Waals surface area contributed by atoms with Gasteiger partial charge in [-0.3, -0.25) is 4.79 Å². The van der Waals surface area contributed by atoms with E-state index in [0.29, 0.717) is 5.92 Å². The highest BCUT2D eigenvalue weighted by atomic mass is 16.2. The first-order chi connectivity index (χ1) is 8.63. The normalized spacial score (nSPS) is 17.1. The SMILES string of the molecule is CC/C=C\CCCC(C)CN(CC1CC1)C(C)=O. The fraction of sp³-hybridized carbons (Fsp3) is 0.812. The highest BCUT2D eigenvalue weighted by Crippen LogP contribution is 2.30. The van der Waals surface area contributed by atoms with Crippen molar-refractivity contribution in [3.63, 3.8) is 0 Å². The summed E-state index contributed by atoms with van der Waals surface area (Å²) in [5.41, 5.74) is 0. The minimum absolute atomic E-state index is 0.250. The van der Waals surface area contributed by atoms with Gasteiger partial charge in [0.15, 0.2) is 0 Å². The molecule has 104 valence electrons. The lowest BCUT2D eigenvalue weighted by atomic mass is 10.0. The number of nitrogens with zero attached hydrogens (tertiary/aromatic N) is 1. The summed E-state index contributed by atoms with van der Waals surface area (Å²) in [6, 6.07) is 0. The summed E-state index contributed by atoms with van der Waals surface area (Å²) in [4.78, 5) is 13.6. The van der Waals surface area contributed by atoms with Crippen LogP contribution < -0.4 is 0 Å². The van der Waals surface area contributed by atoms with Gasteiger partial charge in [0.2, 0.25) is 5.91 Å². The first-order valence-corrected chi connectivity index (χ1v) is 7.54. The molecule has 0 aromatic rings. The van der Waals surface area contributed by atoms with Gasteiger partial charge in [-0.05, 0) is 50.4 Å². The van der Waals surface area contributed by atoms with Crippen LogP contribution in [0.15, 0.2) is 12.2 Å². The molecule has 2 nitrogen and oxygen atoms in total. The number of unbranched alkanes of at least 4 members (excludes halogenated alkanes) is 1. The van der Waals surface area contributed by atoms with Crippen LogP contribution in [0.3, 0.4) is 0 Å². The average molecular weight is 251 g/mol. The van der Waals surface area contributed by atoms with E-state index in [1.54, 1.807) is 6.92 Å². The van der Waals surface area contributed by atoms with Crippen LogP contribution in [0.5, 0.6) is 0 Å². The maximum absolute atomic E-state index is 11.6. The van der Waals surface area contributed by atoms with Crippen molar-refractivity contribution in [1.82, 2.24) is 4.90 Å². The smallest absolute Gasteiger partial charge is 0.219 e. The van der Waals surface area contributed by atoms with Crippen LogP contribution >= 0.6 is 0 Å². The maximum atomic E-state index is 11.6. The number of allylic oxidation sites excluding steroid dienone is 2. The molecule has 18 heavy (non-hydrogen) atoms. The van der Waals surface area contributed by atoms with Crippen LogP contribution in [0.1, 0.15) is 59.3 Å². The Labute approximate surface area is 112 Å². The highest BCUT2D eigenvalue weighted by Gasteiger charge is 2.25. The molecule has 2 heteroatoms. The van der Waals surface area contributed by atoms with Gasteiger partial charge >= 0.3 is 0 Å². The Morgan fingerprint density at radius 3 is 2.67 bits per heavy atom. The average Bonchev–Trinajstić information content (AvgIpc) is 3.11. The summed E-state index contributed by atoms with van der Waals surface area (Å²) < 4.78 is 0. The zero-order chi connectivity index (χ0) is 13.4. The number of hydrogen-bond donors (Lipinski definition) is 0. The molecule has 1 fully saturated rings. The second-order valence-corrected chi connectivity index (χ2v) is 5.78. The largest absolute Gasteiger partial charge is 0.342 e. The van der Waals surface area contributed by atoms with E-state index in [2.05, 4.69) is 30.9 Å². The van der Waals surface area contributed by atoms with E-state index in [-0.39, 0.29) is 5.91 Å². The minimum Gasteiger partial charge on any atom is -0.342 e. The molecule has 0 aromatic heterocycles.